The van der Waals surface area contributed by atoms with Crippen LogP contribution >= 0.6 is 0 Å². The summed E-state index contributed by atoms with van der Waals surface area (Å²) in [5.74, 6) is 0.418. The van der Waals surface area contributed by atoms with Crippen molar-refractivity contribution in [3.63, 3.8) is 0 Å². The van der Waals surface area contributed by atoms with Crippen LogP contribution in [0.5, 0.6) is 5.75 Å². The van der Waals surface area contributed by atoms with Gasteiger partial charge in [0.15, 0.2) is 0 Å². The molecule has 1 N–H and O–H groups in total. The number of rotatable bonds is 9. The number of carbonyl (C=O) groups excluding carboxylic acids is 2. The summed E-state index contributed by atoms with van der Waals surface area (Å²) in [4.78, 5) is 27.0. The molecule has 3 rings (SSSR count). The fourth-order valence-corrected chi connectivity index (χ4v) is 3.66. The molecule has 2 aromatic rings. The molecule has 1 saturated heterocycles. The molecular formula is C23H28N2O4. The van der Waals surface area contributed by atoms with Gasteiger partial charge in [-0.1, -0.05) is 42.5 Å². The van der Waals surface area contributed by atoms with Crippen molar-refractivity contribution >= 4 is 11.9 Å². The van der Waals surface area contributed by atoms with Crippen molar-refractivity contribution in [1.29, 1.82) is 0 Å². The highest BCUT2D eigenvalue weighted by atomic mass is 16.5. The van der Waals surface area contributed by atoms with E-state index in [0.717, 1.165) is 16.9 Å². The van der Waals surface area contributed by atoms with Crippen LogP contribution in [0, 0.1) is 5.92 Å². The van der Waals surface area contributed by atoms with Gasteiger partial charge < -0.3 is 19.7 Å². The monoisotopic (exact) mass is 396 g/mol. The molecule has 6 heteroatoms. The molecule has 6 nitrogen and oxygen atoms in total. The van der Waals surface area contributed by atoms with E-state index in [9.17, 15) is 9.59 Å². The maximum absolute atomic E-state index is 13.1. The number of nitrogens with one attached hydrogen (secondary N) is 1. The molecule has 0 spiro atoms. The molecule has 2 aromatic carbocycles. The Hall–Kier alpha value is -2.86. The largest absolute Gasteiger partial charge is 0.497 e. The summed E-state index contributed by atoms with van der Waals surface area (Å²) in [6, 6.07) is 17.2. The second kappa shape index (κ2) is 10.1. The van der Waals surface area contributed by atoms with E-state index in [4.69, 9.17) is 9.47 Å². The summed E-state index contributed by atoms with van der Waals surface area (Å²) in [7, 11) is 1.63. The molecular weight excluding hydrogens is 368 g/mol. The number of amides is 1. The molecule has 1 amide bonds. The van der Waals surface area contributed by atoms with E-state index in [2.05, 4.69) is 5.32 Å². The van der Waals surface area contributed by atoms with E-state index >= 15 is 0 Å². The first-order chi connectivity index (χ1) is 14.1. The third kappa shape index (κ3) is 5.57. The van der Waals surface area contributed by atoms with Crippen LogP contribution < -0.4 is 10.1 Å². The van der Waals surface area contributed by atoms with Crippen LogP contribution in [0.2, 0.25) is 0 Å². The van der Waals surface area contributed by atoms with Crippen molar-refractivity contribution in [1.82, 2.24) is 10.2 Å². The average molecular weight is 396 g/mol. The van der Waals surface area contributed by atoms with Crippen LogP contribution in [0.4, 0.5) is 0 Å². The van der Waals surface area contributed by atoms with Crippen molar-refractivity contribution in [3.8, 4) is 5.75 Å². The number of esters is 1. The summed E-state index contributed by atoms with van der Waals surface area (Å²) < 4.78 is 10.3. The lowest BCUT2D eigenvalue weighted by Crippen LogP contribution is -2.41. The molecule has 29 heavy (non-hydrogen) atoms. The van der Waals surface area contributed by atoms with Gasteiger partial charge in [-0.2, -0.15) is 0 Å². The Kier molecular flexibility index (Phi) is 7.25. The van der Waals surface area contributed by atoms with Gasteiger partial charge >= 0.3 is 5.97 Å². The smallest absolute Gasteiger partial charge is 0.306 e. The molecule has 0 radical (unpaired) electrons. The Bertz CT molecular complexity index is 807. The lowest BCUT2D eigenvalue weighted by atomic mass is 9.99. The van der Waals surface area contributed by atoms with Crippen LogP contribution in [0.25, 0.3) is 0 Å². The minimum Gasteiger partial charge on any atom is -0.497 e. The zero-order chi connectivity index (χ0) is 20.6. The maximum Gasteiger partial charge on any atom is 0.306 e. The van der Waals surface area contributed by atoms with Gasteiger partial charge in [0.25, 0.3) is 0 Å². The highest BCUT2D eigenvalue weighted by Gasteiger charge is 2.41. The molecule has 0 bridgehead atoms. The number of hydrogen-bond acceptors (Lipinski definition) is 5. The standard InChI is InChI=1S/C23H28N2O4/c1-3-29-21(26)13-19-16-25(15-18-9-11-20(28-2)12-10-18)23(27)22(19)24-14-17-7-5-4-6-8-17/h4-12,19,22,24H,3,13-16H2,1-2H3/t19-,22+/m1/s1. The van der Waals surface area contributed by atoms with Gasteiger partial charge in [-0.05, 0) is 30.2 Å². The van der Waals surface area contributed by atoms with Crippen molar-refractivity contribution in [3.05, 3.63) is 65.7 Å². The van der Waals surface area contributed by atoms with E-state index in [1.54, 1.807) is 14.0 Å². The summed E-state index contributed by atoms with van der Waals surface area (Å²) in [5.41, 5.74) is 2.13. The summed E-state index contributed by atoms with van der Waals surface area (Å²) in [6.45, 7) is 3.74. The predicted octanol–water partition coefficient (Wildman–Crippen LogP) is 2.77. The zero-order valence-electron chi connectivity index (χ0n) is 17.0. The van der Waals surface area contributed by atoms with Crippen LogP contribution in [0.1, 0.15) is 24.5 Å². The molecule has 0 aromatic heterocycles. The minimum absolute atomic E-state index is 0.0195. The number of hydrogen-bond donors (Lipinski definition) is 1. The van der Waals surface area contributed by atoms with Crippen LogP contribution in [0.3, 0.4) is 0 Å². The molecule has 1 aliphatic heterocycles. The Morgan fingerprint density at radius 1 is 1.10 bits per heavy atom. The number of likely N-dealkylation sites (tertiary alicyclic amines) is 1. The lowest BCUT2D eigenvalue weighted by molar-refractivity contribution is -0.144. The molecule has 0 saturated carbocycles. The SMILES string of the molecule is CCOC(=O)C[C@@H]1CN(Cc2ccc(OC)cc2)C(=O)[C@H]1NCc1ccccc1. The van der Waals surface area contributed by atoms with Gasteiger partial charge in [-0.25, -0.2) is 0 Å². The van der Waals surface area contributed by atoms with E-state index in [0.29, 0.717) is 26.2 Å². The molecule has 1 heterocycles. The van der Waals surface area contributed by atoms with Crippen molar-refractivity contribution in [2.75, 3.05) is 20.3 Å². The van der Waals surface area contributed by atoms with Gasteiger partial charge in [0, 0.05) is 25.6 Å². The van der Waals surface area contributed by atoms with E-state index in [1.165, 1.54) is 0 Å². The first-order valence-electron chi connectivity index (χ1n) is 9.95. The van der Waals surface area contributed by atoms with Gasteiger partial charge in [0.05, 0.1) is 26.2 Å². The third-order valence-corrected chi connectivity index (χ3v) is 5.14. The third-order valence-electron chi connectivity index (χ3n) is 5.14. The Morgan fingerprint density at radius 3 is 2.48 bits per heavy atom. The number of methoxy groups -OCH3 is 1. The second-order valence-corrected chi connectivity index (χ2v) is 7.18. The topological polar surface area (TPSA) is 67.9 Å². The maximum atomic E-state index is 13.1. The summed E-state index contributed by atoms with van der Waals surface area (Å²) in [5, 5.41) is 3.36. The summed E-state index contributed by atoms with van der Waals surface area (Å²) >= 11 is 0. The van der Waals surface area contributed by atoms with Gasteiger partial charge in [-0.15, -0.1) is 0 Å². The van der Waals surface area contributed by atoms with E-state index in [1.807, 2.05) is 59.5 Å². The van der Waals surface area contributed by atoms with Gasteiger partial charge in [0.2, 0.25) is 5.91 Å². The van der Waals surface area contributed by atoms with E-state index < -0.39 is 6.04 Å². The zero-order valence-corrected chi connectivity index (χ0v) is 17.0. The highest BCUT2D eigenvalue weighted by molar-refractivity contribution is 5.85. The van der Waals surface area contributed by atoms with Crippen molar-refractivity contribution < 1.29 is 19.1 Å². The molecule has 0 aliphatic carbocycles. The molecule has 1 fully saturated rings. The Morgan fingerprint density at radius 2 is 1.83 bits per heavy atom. The fraction of sp³-hybridized carbons (Fsp3) is 0.391. The Balaban J connectivity index is 1.69. The van der Waals surface area contributed by atoms with Crippen LogP contribution in [-0.4, -0.2) is 43.1 Å². The van der Waals surface area contributed by atoms with Crippen LogP contribution in [-0.2, 0) is 27.4 Å². The number of ether oxygens (including phenoxy) is 2. The first kappa shape index (κ1) is 20.9. The number of benzene rings is 2. The minimum atomic E-state index is -0.405. The van der Waals surface area contributed by atoms with E-state index in [-0.39, 0.29) is 24.2 Å². The van der Waals surface area contributed by atoms with Crippen LogP contribution in [0.15, 0.2) is 54.6 Å². The molecule has 0 unspecified atom stereocenters. The average Bonchev–Trinajstić information content (AvgIpc) is 3.02. The van der Waals surface area contributed by atoms with Crippen molar-refractivity contribution in [2.24, 2.45) is 5.92 Å². The van der Waals surface area contributed by atoms with Gasteiger partial charge in [-0.3, -0.25) is 9.59 Å². The second-order valence-electron chi connectivity index (χ2n) is 7.18. The number of carbonyl (C=O) groups is 2. The molecule has 154 valence electrons. The van der Waals surface area contributed by atoms with Gasteiger partial charge in [0.1, 0.15) is 5.75 Å². The Labute approximate surface area is 171 Å². The van der Waals surface area contributed by atoms with Crippen molar-refractivity contribution in [2.45, 2.75) is 32.5 Å². The molecule has 2 atom stereocenters. The summed E-state index contributed by atoms with van der Waals surface area (Å²) in [6.07, 6.45) is 0.227. The number of nitrogens with zero attached hydrogens (tertiary/aromatic N) is 1. The lowest BCUT2D eigenvalue weighted by Gasteiger charge is -2.18. The predicted molar refractivity (Wildman–Crippen MR) is 110 cm³/mol. The fourth-order valence-electron chi connectivity index (χ4n) is 3.66. The normalized spacial score (nSPS) is 18.7. The first-order valence-corrected chi connectivity index (χ1v) is 9.95. The highest BCUT2D eigenvalue weighted by Crippen LogP contribution is 2.25. The quantitative estimate of drug-likeness (QED) is 0.660. The molecule has 1 aliphatic rings.